The number of rotatable bonds is 2. The van der Waals surface area contributed by atoms with Gasteiger partial charge in [-0.2, -0.15) is 18.2 Å². The molecule has 1 aliphatic rings. The van der Waals surface area contributed by atoms with E-state index in [9.17, 15) is 17.6 Å². The number of piperazine rings is 1. The fourth-order valence-electron chi connectivity index (χ4n) is 3.01. The van der Waals surface area contributed by atoms with Crippen molar-refractivity contribution in [1.29, 1.82) is 0 Å². The van der Waals surface area contributed by atoms with Crippen LogP contribution in [0.25, 0.3) is 11.1 Å². The highest BCUT2D eigenvalue weighted by molar-refractivity contribution is 5.74. The molecule has 1 fully saturated rings. The minimum absolute atomic E-state index is 0.0724. The monoisotopic (exact) mass is 381 g/mol. The van der Waals surface area contributed by atoms with E-state index in [1.54, 1.807) is 4.90 Å². The third kappa shape index (κ3) is 3.51. The molecule has 6 nitrogen and oxygen atoms in total. The molecule has 0 N–H and O–H groups in total. The Morgan fingerprint density at radius 1 is 0.963 bits per heavy atom. The summed E-state index contributed by atoms with van der Waals surface area (Å²) in [5.41, 5.74) is -0.0443. The van der Waals surface area contributed by atoms with Crippen LogP contribution in [0.4, 0.5) is 29.4 Å². The van der Waals surface area contributed by atoms with Gasteiger partial charge < -0.3 is 14.2 Å². The zero-order valence-electron chi connectivity index (χ0n) is 14.3. The molecule has 1 aliphatic heterocycles. The predicted octanol–water partition coefficient (Wildman–Crippen LogP) is 3.41. The Labute approximate surface area is 151 Å². The number of alkyl halides is 3. The second kappa shape index (κ2) is 6.36. The highest BCUT2D eigenvalue weighted by atomic mass is 19.4. The highest BCUT2D eigenvalue weighted by Gasteiger charge is 2.34. The maximum Gasteiger partial charge on any atom is 0.433 e. The maximum absolute atomic E-state index is 13.3. The van der Waals surface area contributed by atoms with Gasteiger partial charge in [0.1, 0.15) is 28.7 Å². The summed E-state index contributed by atoms with van der Waals surface area (Å²) in [6.45, 7) is 3.30. The second-order valence-electron chi connectivity index (χ2n) is 6.24. The van der Waals surface area contributed by atoms with Crippen LogP contribution in [0.2, 0.25) is 0 Å². The van der Waals surface area contributed by atoms with Crippen LogP contribution in [-0.2, 0) is 6.18 Å². The van der Waals surface area contributed by atoms with Gasteiger partial charge in [0.2, 0.25) is 0 Å². The van der Waals surface area contributed by atoms with E-state index >= 15 is 0 Å². The Morgan fingerprint density at radius 2 is 1.67 bits per heavy atom. The number of hydrogen-bond acceptors (Lipinski definition) is 6. The van der Waals surface area contributed by atoms with Crippen LogP contribution in [-0.4, -0.2) is 41.1 Å². The topological polar surface area (TPSA) is 58.3 Å². The quantitative estimate of drug-likeness (QED) is 0.634. The minimum Gasteiger partial charge on any atom is -0.423 e. The first-order chi connectivity index (χ1) is 12.8. The first-order valence-electron chi connectivity index (χ1n) is 8.28. The summed E-state index contributed by atoms with van der Waals surface area (Å²) in [6, 6.07) is 5.44. The van der Waals surface area contributed by atoms with Crippen LogP contribution < -0.4 is 9.80 Å². The largest absolute Gasteiger partial charge is 0.433 e. The molecule has 3 heterocycles. The minimum atomic E-state index is -4.52. The Kier molecular flexibility index (Phi) is 4.12. The van der Waals surface area contributed by atoms with Crippen LogP contribution >= 0.6 is 0 Å². The standard InChI is InChI=1S/C17H15F4N5O/c1-10-22-14(17(19,20)21)9-15(23-10)25-4-6-26(7-5-25)16-24-12-3-2-11(18)8-13(12)27-16/h2-3,8-9H,4-7H2,1H3. The Hall–Kier alpha value is -2.91. The zero-order valence-corrected chi connectivity index (χ0v) is 14.3. The van der Waals surface area contributed by atoms with Crippen molar-refractivity contribution in [2.45, 2.75) is 13.1 Å². The molecule has 1 saturated heterocycles. The summed E-state index contributed by atoms with van der Waals surface area (Å²) in [6.07, 6.45) is -4.52. The molecule has 27 heavy (non-hydrogen) atoms. The van der Waals surface area contributed by atoms with Crippen LogP contribution in [0.15, 0.2) is 28.7 Å². The molecule has 0 atom stereocenters. The van der Waals surface area contributed by atoms with Gasteiger partial charge in [-0.1, -0.05) is 0 Å². The van der Waals surface area contributed by atoms with Crippen LogP contribution in [0, 0.1) is 12.7 Å². The third-order valence-electron chi connectivity index (χ3n) is 4.33. The summed E-state index contributed by atoms with van der Waals surface area (Å²) in [7, 11) is 0. The predicted molar refractivity (Wildman–Crippen MR) is 90.2 cm³/mol. The van der Waals surface area contributed by atoms with Crippen molar-refractivity contribution in [3.05, 3.63) is 41.6 Å². The van der Waals surface area contributed by atoms with Crippen molar-refractivity contribution < 1.29 is 22.0 Å². The van der Waals surface area contributed by atoms with Gasteiger partial charge in [-0.15, -0.1) is 0 Å². The van der Waals surface area contributed by atoms with Gasteiger partial charge in [-0.25, -0.2) is 14.4 Å². The normalized spacial score (nSPS) is 15.6. The van der Waals surface area contributed by atoms with E-state index in [1.807, 2.05) is 4.90 Å². The van der Waals surface area contributed by atoms with E-state index in [-0.39, 0.29) is 11.6 Å². The van der Waals surface area contributed by atoms with E-state index in [4.69, 9.17) is 4.42 Å². The van der Waals surface area contributed by atoms with Gasteiger partial charge in [0.05, 0.1) is 0 Å². The number of benzene rings is 1. The lowest BCUT2D eigenvalue weighted by Crippen LogP contribution is -2.47. The molecular formula is C17H15F4N5O. The number of aromatic nitrogens is 3. The molecule has 0 aliphatic carbocycles. The van der Waals surface area contributed by atoms with Gasteiger partial charge in [-0.05, 0) is 19.1 Å². The molecule has 0 unspecified atom stereocenters. The van der Waals surface area contributed by atoms with Gasteiger partial charge in [-0.3, -0.25) is 0 Å². The van der Waals surface area contributed by atoms with Gasteiger partial charge in [0.15, 0.2) is 5.58 Å². The van der Waals surface area contributed by atoms with E-state index in [2.05, 4.69) is 15.0 Å². The number of oxazole rings is 1. The lowest BCUT2D eigenvalue weighted by Gasteiger charge is -2.34. The van der Waals surface area contributed by atoms with E-state index in [1.165, 1.54) is 25.1 Å². The van der Waals surface area contributed by atoms with Gasteiger partial charge in [0, 0.05) is 38.3 Å². The van der Waals surface area contributed by atoms with Crippen molar-refractivity contribution in [1.82, 2.24) is 15.0 Å². The van der Waals surface area contributed by atoms with Gasteiger partial charge >= 0.3 is 6.18 Å². The summed E-state index contributed by atoms with van der Waals surface area (Å²) in [4.78, 5) is 15.6. The van der Waals surface area contributed by atoms with Crippen molar-refractivity contribution in [2.24, 2.45) is 0 Å². The molecule has 2 aromatic heterocycles. The summed E-state index contributed by atoms with van der Waals surface area (Å²) in [5, 5.41) is 0. The Balaban J connectivity index is 1.51. The van der Waals surface area contributed by atoms with Crippen LogP contribution in [0.3, 0.4) is 0 Å². The van der Waals surface area contributed by atoms with E-state index in [0.29, 0.717) is 43.3 Å². The van der Waals surface area contributed by atoms with Crippen LogP contribution in [0.5, 0.6) is 0 Å². The second-order valence-corrected chi connectivity index (χ2v) is 6.24. The number of anilines is 2. The third-order valence-corrected chi connectivity index (χ3v) is 4.33. The molecular weight excluding hydrogens is 366 g/mol. The molecule has 4 rings (SSSR count). The first kappa shape index (κ1) is 17.5. The van der Waals surface area contributed by atoms with E-state index in [0.717, 1.165) is 6.07 Å². The van der Waals surface area contributed by atoms with Crippen LogP contribution in [0.1, 0.15) is 11.5 Å². The smallest absolute Gasteiger partial charge is 0.423 e. The molecule has 1 aromatic carbocycles. The summed E-state index contributed by atoms with van der Waals surface area (Å²) < 4.78 is 57.8. The fraction of sp³-hybridized carbons (Fsp3) is 0.353. The number of nitrogens with zero attached hydrogens (tertiary/aromatic N) is 5. The number of aryl methyl sites for hydroxylation is 1. The molecule has 10 heteroatoms. The maximum atomic E-state index is 13.3. The molecule has 0 saturated carbocycles. The summed E-state index contributed by atoms with van der Waals surface area (Å²) >= 11 is 0. The molecule has 142 valence electrons. The van der Waals surface area contributed by atoms with Crippen molar-refractivity contribution in [2.75, 3.05) is 36.0 Å². The first-order valence-corrected chi connectivity index (χ1v) is 8.28. The summed E-state index contributed by atoms with van der Waals surface area (Å²) in [5.74, 6) is -0.0908. The molecule has 3 aromatic rings. The van der Waals surface area contributed by atoms with Crippen molar-refractivity contribution in [3.8, 4) is 0 Å². The lowest BCUT2D eigenvalue weighted by atomic mass is 10.3. The van der Waals surface area contributed by atoms with E-state index < -0.39 is 17.7 Å². The SMILES string of the molecule is Cc1nc(N2CCN(c3nc4ccc(F)cc4o3)CC2)cc(C(F)(F)F)n1. The average Bonchev–Trinajstić information content (AvgIpc) is 3.03. The van der Waals surface area contributed by atoms with Gasteiger partial charge in [0.25, 0.3) is 6.01 Å². The van der Waals surface area contributed by atoms with Crippen molar-refractivity contribution >= 4 is 22.9 Å². The number of fused-ring (bicyclic) bond motifs is 1. The molecule has 0 amide bonds. The molecule has 0 radical (unpaired) electrons. The van der Waals surface area contributed by atoms with Crippen molar-refractivity contribution in [3.63, 3.8) is 0 Å². The Bertz CT molecular complexity index is 979. The highest BCUT2D eigenvalue weighted by Crippen LogP contribution is 2.30. The molecule has 0 bridgehead atoms. The fourth-order valence-corrected chi connectivity index (χ4v) is 3.01. The molecule has 0 spiro atoms. The lowest BCUT2D eigenvalue weighted by molar-refractivity contribution is -0.141. The average molecular weight is 381 g/mol. The zero-order chi connectivity index (χ0) is 19.2. The Morgan fingerprint density at radius 3 is 2.37 bits per heavy atom. The number of hydrogen-bond donors (Lipinski definition) is 0. The number of halogens is 4.